The SMILES string of the molecule is Cc1cc(-c2ccc3c(C(=O)Nc4cc(NC(=O)CN5CCC[C@@H]5C)cnc4C)nnn3c2)cc(C)n1. The number of aromatic nitrogens is 5. The monoisotopic (exact) mass is 498 g/mol. The highest BCUT2D eigenvalue weighted by Gasteiger charge is 2.22. The van der Waals surface area contributed by atoms with E-state index in [1.165, 1.54) is 0 Å². The zero-order valence-electron chi connectivity index (χ0n) is 21.4. The van der Waals surface area contributed by atoms with E-state index >= 15 is 0 Å². The fraction of sp³-hybridized carbons (Fsp3) is 0.333. The van der Waals surface area contributed by atoms with Crippen LogP contribution in [0, 0.1) is 20.8 Å². The van der Waals surface area contributed by atoms with Crippen LogP contribution in [0.25, 0.3) is 16.6 Å². The van der Waals surface area contributed by atoms with Gasteiger partial charge in [-0.05, 0) is 76.9 Å². The fourth-order valence-electron chi connectivity index (χ4n) is 4.75. The van der Waals surface area contributed by atoms with Crippen molar-refractivity contribution in [3.63, 3.8) is 0 Å². The lowest BCUT2D eigenvalue weighted by Crippen LogP contribution is -2.35. The van der Waals surface area contributed by atoms with Crippen LogP contribution >= 0.6 is 0 Å². The van der Waals surface area contributed by atoms with Crippen LogP contribution < -0.4 is 10.6 Å². The van der Waals surface area contributed by atoms with Gasteiger partial charge in [0.15, 0.2) is 5.69 Å². The van der Waals surface area contributed by atoms with E-state index < -0.39 is 5.91 Å². The molecule has 10 nitrogen and oxygen atoms in total. The van der Waals surface area contributed by atoms with Crippen molar-refractivity contribution in [1.29, 1.82) is 0 Å². The van der Waals surface area contributed by atoms with Gasteiger partial charge in [-0.1, -0.05) is 11.3 Å². The number of rotatable bonds is 6. The summed E-state index contributed by atoms with van der Waals surface area (Å²) in [4.78, 5) is 36.6. The van der Waals surface area contributed by atoms with E-state index in [1.54, 1.807) is 23.7 Å². The number of hydrogen-bond acceptors (Lipinski definition) is 7. The highest BCUT2D eigenvalue weighted by Crippen LogP contribution is 2.24. The van der Waals surface area contributed by atoms with Crippen molar-refractivity contribution in [2.45, 2.75) is 46.6 Å². The summed E-state index contributed by atoms with van der Waals surface area (Å²) in [6, 6.07) is 9.90. The van der Waals surface area contributed by atoms with Gasteiger partial charge in [-0.2, -0.15) is 0 Å². The molecule has 1 aliphatic rings. The molecule has 1 saturated heterocycles. The Morgan fingerprint density at radius 2 is 1.84 bits per heavy atom. The first kappa shape index (κ1) is 24.5. The zero-order valence-corrected chi connectivity index (χ0v) is 21.4. The van der Waals surface area contributed by atoms with Gasteiger partial charge in [-0.15, -0.1) is 5.10 Å². The second kappa shape index (κ2) is 10.1. The molecule has 0 spiro atoms. The Bertz CT molecular complexity index is 1480. The molecule has 0 unspecified atom stereocenters. The molecular weight excluding hydrogens is 468 g/mol. The highest BCUT2D eigenvalue weighted by molar-refractivity contribution is 6.08. The third kappa shape index (κ3) is 5.34. The molecule has 37 heavy (non-hydrogen) atoms. The summed E-state index contributed by atoms with van der Waals surface area (Å²) in [6.45, 7) is 9.11. The topological polar surface area (TPSA) is 117 Å². The summed E-state index contributed by atoms with van der Waals surface area (Å²) in [6.07, 6.45) is 5.65. The molecule has 4 aromatic rings. The van der Waals surface area contributed by atoms with Crippen molar-refractivity contribution in [1.82, 2.24) is 29.7 Å². The van der Waals surface area contributed by atoms with Gasteiger partial charge in [-0.25, -0.2) is 4.52 Å². The molecule has 1 atom stereocenters. The van der Waals surface area contributed by atoms with Crippen LogP contribution in [0.1, 0.15) is 47.3 Å². The molecule has 0 radical (unpaired) electrons. The van der Waals surface area contributed by atoms with Gasteiger partial charge in [0, 0.05) is 29.2 Å². The van der Waals surface area contributed by atoms with Gasteiger partial charge in [-0.3, -0.25) is 24.5 Å². The Morgan fingerprint density at radius 1 is 1.05 bits per heavy atom. The summed E-state index contributed by atoms with van der Waals surface area (Å²) in [5, 5.41) is 14.0. The molecule has 5 heterocycles. The standard InChI is InChI=1S/C27H30N8O2/c1-16-10-21(11-17(2)29-16)20-7-8-24-26(32-33-35(24)14-20)27(37)31-23-12-22(13-28-19(23)4)30-25(36)15-34-9-5-6-18(34)3/h7-8,10-14,18H,5-6,9,15H2,1-4H3,(H,30,36)(H,31,37)/t18-/m0/s1. The van der Waals surface area contributed by atoms with Gasteiger partial charge in [0.05, 0.1) is 35.3 Å². The summed E-state index contributed by atoms with van der Waals surface area (Å²) >= 11 is 0. The van der Waals surface area contributed by atoms with Crippen molar-refractivity contribution < 1.29 is 9.59 Å². The van der Waals surface area contributed by atoms with Gasteiger partial charge in [0.1, 0.15) is 0 Å². The van der Waals surface area contributed by atoms with Gasteiger partial charge < -0.3 is 10.6 Å². The quantitative estimate of drug-likeness (QED) is 0.415. The number of likely N-dealkylation sites (tertiary alicyclic amines) is 1. The minimum absolute atomic E-state index is 0.101. The van der Waals surface area contributed by atoms with Gasteiger partial charge in [0.25, 0.3) is 5.91 Å². The van der Waals surface area contributed by atoms with E-state index in [0.29, 0.717) is 35.2 Å². The van der Waals surface area contributed by atoms with Crippen LogP contribution in [0.3, 0.4) is 0 Å². The molecular formula is C27H30N8O2. The average Bonchev–Trinajstić information content (AvgIpc) is 3.46. The van der Waals surface area contributed by atoms with Crippen molar-refractivity contribution >= 4 is 28.7 Å². The van der Waals surface area contributed by atoms with Crippen LogP contribution in [-0.2, 0) is 4.79 Å². The molecule has 4 aromatic heterocycles. The molecule has 2 N–H and O–H groups in total. The Kier molecular flexibility index (Phi) is 6.66. The Hall–Kier alpha value is -4.18. The lowest BCUT2D eigenvalue weighted by Gasteiger charge is -2.20. The van der Waals surface area contributed by atoms with Crippen molar-refractivity contribution in [2.75, 3.05) is 23.7 Å². The molecule has 0 aliphatic carbocycles. The molecule has 10 heteroatoms. The van der Waals surface area contributed by atoms with Gasteiger partial charge >= 0.3 is 0 Å². The lowest BCUT2D eigenvalue weighted by molar-refractivity contribution is -0.117. The van der Waals surface area contributed by atoms with Crippen LogP contribution in [0.4, 0.5) is 11.4 Å². The predicted octanol–water partition coefficient (Wildman–Crippen LogP) is 3.79. The third-order valence-electron chi connectivity index (χ3n) is 6.70. The molecule has 2 amide bonds. The van der Waals surface area contributed by atoms with Gasteiger partial charge in [0.2, 0.25) is 5.91 Å². The number of carbonyl (C=O) groups is 2. The Balaban J connectivity index is 1.32. The number of carbonyl (C=O) groups excluding carboxylic acids is 2. The minimum atomic E-state index is -0.405. The number of nitrogens with one attached hydrogen (secondary N) is 2. The number of amides is 2. The minimum Gasteiger partial charge on any atom is -0.324 e. The van der Waals surface area contributed by atoms with E-state index in [-0.39, 0.29) is 11.6 Å². The molecule has 0 bridgehead atoms. The van der Waals surface area contributed by atoms with Crippen molar-refractivity contribution in [2.24, 2.45) is 0 Å². The zero-order chi connectivity index (χ0) is 26.1. The number of fused-ring (bicyclic) bond motifs is 1. The third-order valence-corrected chi connectivity index (χ3v) is 6.70. The van der Waals surface area contributed by atoms with Crippen molar-refractivity contribution in [3.05, 3.63) is 65.5 Å². The smallest absolute Gasteiger partial charge is 0.278 e. The molecule has 1 fully saturated rings. The van der Waals surface area contributed by atoms with Crippen molar-refractivity contribution in [3.8, 4) is 11.1 Å². The lowest BCUT2D eigenvalue weighted by atomic mass is 10.1. The predicted molar refractivity (Wildman–Crippen MR) is 142 cm³/mol. The average molecular weight is 499 g/mol. The second-order valence-corrected chi connectivity index (χ2v) is 9.65. The number of aryl methyl sites for hydroxylation is 3. The maximum Gasteiger partial charge on any atom is 0.278 e. The van der Waals surface area contributed by atoms with Crippen LogP contribution in [0.5, 0.6) is 0 Å². The maximum atomic E-state index is 13.1. The summed E-state index contributed by atoms with van der Waals surface area (Å²) in [7, 11) is 0. The van der Waals surface area contributed by atoms with E-state index in [0.717, 1.165) is 41.9 Å². The summed E-state index contributed by atoms with van der Waals surface area (Å²) in [5.41, 5.74) is 6.27. The summed E-state index contributed by atoms with van der Waals surface area (Å²) in [5.74, 6) is -0.506. The molecule has 0 aromatic carbocycles. The second-order valence-electron chi connectivity index (χ2n) is 9.65. The molecule has 0 saturated carbocycles. The van der Waals surface area contributed by atoms with Crippen LogP contribution in [0.2, 0.25) is 0 Å². The molecule has 5 rings (SSSR count). The number of anilines is 2. The Labute approximate surface area is 215 Å². The number of hydrogen-bond donors (Lipinski definition) is 2. The van der Waals surface area contributed by atoms with Crippen LogP contribution in [-0.4, -0.2) is 60.6 Å². The first-order chi connectivity index (χ1) is 17.8. The first-order valence-corrected chi connectivity index (χ1v) is 12.4. The van der Waals surface area contributed by atoms with E-state index in [9.17, 15) is 9.59 Å². The van der Waals surface area contributed by atoms with E-state index in [2.05, 4.69) is 42.7 Å². The number of nitrogens with zero attached hydrogens (tertiary/aromatic N) is 6. The molecule has 190 valence electrons. The Morgan fingerprint density at radius 3 is 2.57 bits per heavy atom. The van der Waals surface area contributed by atoms with Crippen LogP contribution in [0.15, 0.2) is 42.7 Å². The normalized spacial score (nSPS) is 15.7. The number of pyridine rings is 3. The largest absolute Gasteiger partial charge is 0.324 e. The van der Waals surface area contributed by atoms with E-state index in [1.807, 2.05) is 44.3 Å². The maximum absolute atomic E-state index is 13.1. The first-order valence-electron chi connectivity index (χ1n) is 12.4. The fourth-order valence-corrected chi connectivity index (χ4v) is 4.75. The van der Waals surface area contributed by atoms with E-state index in [4.69, 9.17) is 0 Å². The summed E-state index contributed by atoms with van der Waals surface area (Å²) < 4.78 is 1.59. The highest BCUT2D eigenvalue weighted by atomic mass is 16.2. The molecule has 1 aliphatic heterocycles.